The molecular weight excluding hydrogens is 895 g/mol. The van der Waals surface area contributed by atoms with Gasteiger partial charge in [-0.25, -0.2) is 0 Å². The molecule has 1 aromatic heterocycles. The summed E-state index contributed by atoms with van der Waals surface area (Å²) in [6, 6.07) is 105. The van der Waals surface area contributed by atoms with Gasteiger partial charge >= 0.3 is 0 Å². The maximum absolute atomic E-state index is 2.51. The molecule has 0 unspecified atom stereocenters. The van der Waals surface area contributed by atoms with Crippen molar-refractivity contribution in [3.63, 3.8) is 0 Å². The topological polar surface area (TPSA) is 11.4 Å². The molecule has 0 N–H and O–H groups in total. The van der Waals surface area contributed by atoms with Crippen LogP contribution in [0.25, 0.3) is 71.6 Å². The first-order chi connectivity index (χ1) is 36.8. The van der Waals surface area contributed by atoms with E-state index in [2.05, 4.69) is 299 Å². The monoisotopic (exact) mass is 941 g/mol. The first kappa shape index (κ1) is 42.0. The van der Waals surface area contributed by atoms with E-state index >= 15 is 0 Å². The van der Waals surface area contributed by atoms with Crippen molar-refractivity contribution in [1.82, 2.24) is 4.57 Å². The number of rotatable bonds is 8. The Morgan fingerprint density at radius 2 is 0.743 bits per heavy atom. The van der Waals surface area contributed by atoms with Gasteiger partial charge < -0.3 is 14.4 Å². The number of anilines is 6. The second-order valence-electron chi connectivity index (χ2n) is 19.5. The predicted molar refractivity (Wildman–Crippen MR) is 309 cm³/mol. The molecule has 0 bridgehead atoms. The van der Waals surface area contributed by atoms with Crippen molar-refractivity contribution in [3.8, 4) is 39.1 Å². The van der Waals surface area contributed by atoms with Gasteiger partial charge in [-0.2, -0.15) is 0 Å². The SMILES string of the molecule is c1ccc(N(c2ccccc2)c2cc(-c3ccc(N(c4ccccc4)c4ccc5c(c4)c4ccccc4n5-c4ccccc4)c4ccccc34)c3c(c2)C2(c4ccccc4-c4ccccc42)c2ccccc2-3)cc1. The van der Waals surface area contributed by atoms with Gasteiger partial charge in [0.15, 0.2) is 0 Å². The fourth-order valence-corrected chi connectivity index (χ4v) is 12.8. The van der Waals surface area contributed by atoms with Crippen LogP contribution < -0.4 is 9.80 Å². The van der Waals surface area contributed by atoms with E-state index < -0.39 is 5.41 Å². The molecule has 0 amide bonds. The molecule has 1 spiro atoms. The highest BCUT2D eigenvalue weighted by Gasteiger charge is 2.52. The summed E-state index contributed by atoms with van der Waals surface area (Å²) < 4.78 is 2.39. The van der Waals surface area contributed by atoms with E-state index in [1.54, 1.807) is 0 Å². The second-order valence-corrected chi connectivity index (χ2v) is 19.5. The molecule has 74 heavy (non-hydrogen) atoms. The maximum atomic E-state index is 2.51. The van der Waals surface area contributed by atoms with Crippen molar-refractivity contribution in [2.24, 2.45) is 0 Å². The molecule has 2 aliphatic rings. The number of hydrogen-bond donors (Lipinski definition) is 0. The lowest BCUT2D eigenvalue weighted by Gasteiger charge is -2.33. The number of fused-ring (bicyclic) bond motifs is 14. The number of benzene rings is 12. The largest absolute Gasteiger partial charge is 0.310 e. The lowest BCUT2D eigenvalue weighted by atomic mass is 9.70. The second kappa shape index (κ2) is 16.7. The summed E-state index contributed by atoms with van der Waals surface area (Å²) in [5, 5.41) is 4.78. The Balaban J connectivity index is 1.01. The third-order valence-corrected chi connectivity index (χ3v) is 15.7. The molecule has 2 aliphatic carbocycles. The van der Waals surface area contributed by atoms with Gasteiger partial charge in [-0.15, -0.1) is 0 Å². The van der Waals surface area contributed by atoms with E-state index in [0.29, 0.717) is 0 Å². The molecule has 12 aromatic carbocycles. The molecule has 0 aliphatic heterocycles. The molecule has 13 aromatic rings. The summed E-state index contributed by atoms with van der Waals surface area (Å²) in [5.41, 5.74) is 22.3. The first-order valence-corrected chi connectivity index (χ1v) is 25.6. The predicted octanol–water partition coefficient (Wildman–Crippen LogP) is 18.9. The Labute approximate surface area is 430 Å². The van der Waals surface area contributed by atoms with Gasteiger partial charge in [-0.05, 0) is 152 Å². The van der Waals surface area contributed by atoms with Crippen LogP contribution in [0.3, 0.4) is 0 Å². The lowest BCUT2D eigenvalue weighted by molar-refractivity contribution is 0.794. The van der Waals surface area contributed by atoms with E-state index in [1.165, 1.54) is 88.2 Å². The number of para-hydroxylation sites is 5. The van der Waals surface area contributed by atoms with E-state index in [4.69, 9.17) is 0 Å². The minimum Gasteiger partial charge on any atom is -0.310 e. The van der Waals surface area contributed by atoms with Gasteiger partial charge in [0.25, 0.3) is 0 Å². The van der Waals surface area contributed by atoms with Crippen molar-refractivity contribution in [1.29, 1.82) is 0 Å². The summed E-state index contributed by atoms with van der Waals surface area (Å²) in [6.07, 6.45) is 0. The van der Waals surface area contributed by atoms with E-state index in [0.717, 1.165) is 39.8 Å². The average molecular weight is 942 g/mol. The number of aromatic nitrogens is 1. The molecule has 0 atom stereocenters. The van der Waals surface area contributed by atoms with Gasteiger partial charge in [0.05, 0.1) is 22.1 Å². The van der Waals surface area contributed by atoms with Crippen molar-refractivity contribution >= 4 is 66.7 Å². The molecule has 0 fully saturated rings. The van der Waals surface area contributed by atoms with Crippen LogP contribution in [0.5, 0.6) is 0 Å². The third-order valence-electron chi connectivity index (χ3n) is 15.7. The zero-order valence-corrected chi connectivity index (χ0v) is 40.5. The van der Waals surface area contributed by atoms with Crippen molar-refractivity contribution in [2.75, 3.05) is 9.80 Å². The minimum absolute atomic E-state index is 0.551. The summed E-state index contributed by atoms with van der Waals surface area (Å²) in [6.45, 7) is 0. The molecule has 15 rings (SSSR count). The number of hydrogen-bond acceptors (Lipinski definition) is 2. The highest BCUT2D eigenvalue weighted by Crippen LogP contribution is 2.65. The first-order valence-electron chi connectivity index (χ1n) is 25.6. The Morgan fingerprint density at radius 1 is 0.257 bits per heavy atom. The van der Waals surface area contributed by atoms with Gasteiger partial charge in [0.1, 0.15) is 0 Å². The van der Waals surface area contributed by atoms with Gasteiger partial charge in [0.2, 0.25) is 0 Å². The quantitative estimate of drug-likeness (QED) is 0.150. The van der Waals surface area contributed by atoms with Crippen molar-refractivity contribution in [3.05, 3.63) is 307 Å². The Kier molecular flexibility index (Phi) is 9.48. The average Bonchev–Trinajstić information content (AvgIpc) is 4.14. The molecule has 3 heteroatoms. The van der Waals surface area contributed by atoms with Crippen molar-refractivity contribution < 1.29 is 0 Å². The van der Waals surface area contributed by atoms with Crippen LogP contribution in [0.1, 0.15) is 22.3 Å². The normalized spacial score (nSPS) is 12.7. The Morgan fingerprint density at radius 3 is 1.38 bits per heavy atom. The van der Waals surface area contributed by atoms with E-state index in [-0.39, 0.29) is 0 Å². The van der Waals surface area contributed by atoms with Crippen LogP contribution in [-0.2, 0) is 5.41 Å². The molecular formula is C71H47N3. The highest BCUT2D eigenvalue weighted by atomic mass is 15.1. The number of nitrogens with zero attached hydrogens (tertiary/aromatic N) is 3. The third kappa shape index (κ3) is 6.14. The van der Waals surface area contributed by atoms with Gasteiger partial charge in [0, 0.05) is 50.3 Å². The molecule has 1 heterocycles. The molecule has 3 nitrogen and oxygen atoms in total. The van der Waals surface area contributed by atoms with Crippen LogP contribution in [-0.4, -0.2) is 4.57 Å². The minimum atomic E-state index is -0.551. The maximum Gasteiger partial charge on any atom is 0.0726 e. The van der Waals surface area contributed by atoms with E-state index in [1.807, 2.05) is 0 Å². The van der Waals surface area contributed by atoms with Gasteiger partial charge in [-0.3, -0.25) is 0 Å². The summed E-state index contributed by atoms with van der Waals surface area (Å²) in [7, 11) is 0. The fourth-order valence-electron chi connectivity index (χ4n) is 12.8. The standard InChI is InChI=1S/C71H47N3/c1-5-23-48(24-6-1)72(49-25-7-2-8-26-49)53-46-62(70-60-36-17-21-39-65(60)71(66(70)47-53)63-37-19-15-32-56(63)57-33-16-20-38-64(57)71)55-42-44-68(58-34-14-13-31-54(55)58)73(50-27-9-3-10-28-50)52-41-43-69-61(45-52)59-35-18-22-40-67(59)74(69)51-29-11-4-12-30-51/h1-47H. The summed E-state index contributed by atoms with van der Waals surface area (Å²) >= 11 is 0. The van der Waals surface area contributed by atoms with Gasteiger partial charge in [-0.1, -0.05) is 194 Å². The summed E-state index contributed by atoms with van der Waals surface area (Å²) in [5.74, 6) is 0. The molecule has 346 valence electrons. The molecule has 0 saturated heterocycles. The lowest BCUT2D eigenvalue weighted by Crippen LogP contribution is -2.26. The summed E-state index contributed by atoms with van der Waals surface area (Å²) in [4.78, 5) is 4.89. The highest BCUT2D eigenvalue weighted by molar-refractivity contribution is 6.13. The van der Waals surface area contributed by atoms with Crippen molar-refractivity contribution in [2.45, 2.75) is 5.41 Å². The van der Waals surface area contributed by atoms with Crippen LogP contribution in [0.15, 0.2) is 285 Å². The fraction of sp³-hybridized carbons (Fsp3) is 0.0141. The zero-order valence-electron chi connectivity index (χ0n) is 40.5. The van der Waals surface area contributed by atoms with Crippen LogP contribution in [0, 0.1) is 0 Å². The van der Waals surface area contributed by atoms with E-state index in [9.17, 15) is 0 Å². The zero-order chi connectivity index (χ0) is 48.7. The van der Waals surface area contributed by atoms with Crippen LogP contribution in [0.4, 0.5) is 34.1 Å². The van der Waals surface area contributed by atoms with Crippen LogP contribution >= 0.6 is 0 Å². The molecule has 0 saturated carbocycles. The smallest absolute Gasteiger partial charge is 0.0726 e. The Hall–Kier alpha value is -9.70. The Bertz CT molecular complexity index is 4230. The van der Waals surface area contributed by atoms with Crippen LogP contribution in [0.2, 0.25) is 0 Å². The molecule has 0 radical (unpaired) electrons.